The molecule has 2 heteroatoms. The van der Waals surface area contributed by atoms with Crippen LogP contribution in [0.15, 0.2) is 53.8 Å². The van der Waals surface area contributed by atoms with Crippen molar-refractivity contribution in [2.45, 2.75) is 77.4 Å². The van der Waals surface area contributed by atoms with Gasteiger partial charge in [-0.15, -0.1) is 0 Å². The molecule has 0 radical (unpaired) electrons. The molecule has 0 saturated heterocycles. The van der Waals surface area contributed by atoms with E-state index in [1.165, 1.54) is 16.9 Å². The molecule has 0 aromatic heterocycles. The van der Waals surface area contributed by atoms with Crippen LogP contribution in [0.25, 0.3) is 0 Å². The molecule has 0 saturated carbocycles. The topological polar surface area (TPSA) is 9.23 Å². The molecule has 1 aromatic carbocycles. The molecule has 0 N–H and O–H groups in total. The van der Waals surface area contributed by atoms with Crippen LogP contribution in [0.5, 0.6) is 0 Å². The van der Waals surface area contributed by atoms with E-state index >= 15 is 0 Å². The predicted octanol–water partition coefficient (Wildman–Crippen LogP) is 7.03. The Morgan fingerprint density at radius 3 is 2.04 bits per heavy atom. The van der Waals surface area contributed by atoms with E-state index < -0.39 is 8.32 Å². The van der Waals surface area contributed by atoms with Gasteiger partial charge in [0.05, 0.1) is 0 Å². The first-order valence-corrected chi connectivity index (χ1v) is 11.6. The summed E-state index contributed by atoms with van der Waals surface area (Å²) >= 11 is 0. The molecule has 1 aromatic rings. The Kier molecular flexibility index (Phi) is 6.51. The van der Waals surface area contributed by atoms with E-state index in [4.69, 9.17) is 4.43 Å². The summed E-state index contributed by atoms with van der Waals surface area (Å²) < 4.78 is 6.98. The van der Waals surface area contributed by atoms with Gasteiger partial charge in [-0.05, 0) is 53.1 Å². The van der Waals surface area contributed by atoms with Crippen molar-refractivity contribution in [3.05, 3.63) is 59.4 Å². The fourth-order valence-corrected chi connectivity index (χ4v) is 9.66. The Hall–Kier alpha value is -1.28. The summed E-state index contributed by atoms with van der Waals surface area (Å²) in [5.74, 6) is 1.17. The summed E-state index contributed by atoms with van der Waals surface area (Å²) in [5, 5.41) is 0. The lowest BCUT2D eigenvalue weighted by molar-refractivity contribution is 0.376. The Morgan fingerprint density at radius 2 is 1.50 bits per heavy atom. The Labute approximate surface area is 150 Å². The van der Waals surface area contributed by atoms with Gasteiger partial charge in [0.25, 0.3) is 8.32 Å². The minimum Gasteiger partial charge on any atom is -0.543 e. The molecule has 1 aliphatic rings. The molecule has 1 aliphatic carbocycles. The van der Waals surface area contributed by atoms with Gasteiger partial charge in [0.2, 0.25) is 0 Å². The summed E-state index contributed by atoms with van der Waals surface area (Å²) in [6.07, 6.45) is 7.80. The van der Waals surface area contributed by atoms with Gasteiger partial charge in [-0.1, -0.05) is 78.0 Å². The molecular formula is C22H34OSi. The van der Waals surface area contributed by atoms with Crippen molar-refractivity contribution in [1.82, 2.24) is 0 Å². The van der Waals surface area contributed by atoms with Crippen molar-refractivity contribution < 1.29 is 4.43 Å². The second-order valence-corrected chi connectivity index (χ2v) is 13.4. The fourth-order valence-electron chi connectivity index (χ4n) is 4.36. The zero-order chi connectivity index (χ0) is 17.7. The lowest BCUT2D eigenvalue weighted by Gasteiger charge is -2.43. The minimum atomic E-state index is -1.88. The molecule has 0 bridgehead atoms. The predicted molar refractivity (Wildman–Crippen MR) is 108 cm³/mol. The highest BCUT2D eigenvalue weighted by atomic mass is 28.4. The first-order valence-electron chi connectivity index (χ1n) is 9.49. The highest BCUT2D eigenvalue weighted by molar-refractivity contribution is 6.77. The SMILES string of the molecule is CC(C)[Si](OC1=C(Cc2ccccc2)CCC=C1)(C(C)C)C(C)C. The molecular weight excluding hydrogens is 308 g/mol. The van der Waals surface area contributed by atoms with Crippen LogP contribution in [0.2, 0.25) is 16.6 Å². The molecule has 0 amide bonds. The van der Waals surface area contributed by atoms with Crippen LogP contribution >= 0.6 is 0 Å². The van der Waals surface area contributed by atoms with Crippen LogP contribution in [0.3, 0.4) is 0 Å². The summed E-state index contributed by atoms with van der Waals surface area (Å²) in [7, 11) is -1.88. The van der Waals surface area contributed by atoms with Crippen molar-refractivity contribution in [3.63, 3.8) is 0 Å². The zero-order valence-corrected chi connectivity index (χ0v) is 17.3. The Balaban J connectivity index is 2.36. The molecule has 0 aliphatic heterocycles. The van der Waals surface area contributed by atoms with Crippen molar-refractivity contribution >= 4 is 8.32 Å². The van der Waals surface area contributed by atoms with E-state index in [1.54, 1.807) is 0 Å². The van der Waals surface area contributed by atoms with E-state index in [0.717, 1.165) is 19.3 Å². The summed E-state index contributed by atoms with van der Waals surface area (Å²) in [6.45, 7) is 14.1. The van der Waals surface area contributed by atoms with Gasteiger partial charge in [-0.3, -0.25) is 0 Å². The summed E-state index contributed by atoms with van der Waals surface area (Å²) in [6, 6.07) is 10.8. The maximum atomic E-state index is 6.98. The average molecular weight is 343 g/mol. The number of rotatable bonds is 7. The van der Waals surface area contributed by atoms with E-state index in [2.05, 4.69) is 84.0 Å². The van der Waals surface area contributed by atoms with E-state index in [1.807, 2.05) is 0 Å². The molecule has 0 atom stereocenters. The number of hydrogen-bond acceptors (Lipinski definition) is 1. The summed E-state index contributed by atoms with van der Waals surface area (Å²) in [5.41, 5.74) is 4.69. The molecule has 132 valence electrons. The first-order chi connectivity index (χ1) is 11.4. The van der Waals surface area contributed by atoms with E-state index in [0.29, 0.717) is 16.6 Å². The van der Waals surface area contributed by atoms with Crippen LogP contribution in [-0.4, -0.2) is 8.32 Å². The monoisotopic (exact) mass is 342 g/mol. The molecule has 2 rings (SSSR count). The largest absolute Gasteiger partial charge is 0.543 e. The van der Waals surface area contributed by atoms with Gasteiger partial charge in [-0.25, -0.2) is 0 Å². The van der Waals surface area contributed by atoms with E-state index in [9.17, 15) is 0 Å². The maximum absolute atomic E-state index is 6.98. The highest BCUT2D eigenvalue weighted by Crippen LogP contribution is 2.44. The second-order valence-electron chi connectivity index (χ2n) is 7.99. The van der Waals surface area contributed by atoms with Gasteiger partial charge >= 0.3 is 0 Å². The summed E-state index contributed by atoms with van der Waals surface area (Å²) in [4.78, 5) is 0. The van der Waals surface area contributed by atoms with Gasteiger partial charge in [-0.2, -0.15) is 0 Å². The molecule has 1 nitrogen and oxygen atoms in total. The van der Waals surface area contributed by atoms with Gasteiger partial charge in [0.15, 0.2) is 0 Å². The third-order valence-electron chi connectivity index (χ3n) is 5.48. The van der Waals surface area contributed by atoms with Crippen LogP contribution in [-0.2, 0) is 10.8 Å². The number of allylic oxidation sites excluding steroid dienone is 3. The Bertz CT molecular complexity index is 559. The zero-order valence-electron chi connectivity index (χ0n) is 16.3. The highest BCUT2D eigenvalue weighted by Gasteiger charge is 2.47. The van der Waals surface area contributed by atoms with Crippen molar-refractivity contribution in [2.24, 2.45) is 0 Å². The molecule has 0 heterocycles. The van der Waals surface area contributed by atoms with Crippen LogP contribution < -0.4 is 0 Å². The molecule has 0 unspecified atom stereocenters. The lowest BCUT2D eigenvalue weighted by Crippen LogP contribution is -2.47. The van der Waals surface area contributed by atoms with Gasteiger partial charge in [0, 0.05) is 0 Å². The maximum Gasteiger partial charge on any atom is 0.258 e. The average Bonchev–Trinajstić information content (AvgIpc) is 2.54. The first kappa shape index (κ1) is 19.0. The number of hydrogen-bond donors (Lipinski definition) is 0. The normalized spacial score (nSPS) is 15.7. The molecule has 24 heavy (non-hydrogen) atoms. The smallest absolute Gasteiger partial charge is 0.258 e. The van der Waals surface area contributed by atoms with Crippen molar-refractivity contribution in [1.29, 1.82) is 0 Å². The quantitative estimate of drug-likeness (QED) is 0.483. The van der Waals surface area contributed by atoms with Crippen molar-refractivity contribution in [2.75, 3.05) is 0 Å². The second kappa shape index (κ2) is 8.20. The van der Waals surface area contributed by atoms with Crippen LogP contribution in [0.4, 0.5) is 0 Å². The van der Waals surface area contributed by atoms with Gasteiger partial charge in [0.1, 0.15) is 5.76 Å². The molecule has 0 fully saturated rings. The molecule has 0 spiro atoms. The third-order valence-corrected chi connectivity index (χ3v) is 11.5. The minimum absolute atomic E-state index is 0.610. The standard InChI is InChI=1S/C22H34OSi/c1-17(2)24(18(3)4,19(5)6)23-22-15-11-10-14-21(22)16-20-12-8-7-9-13-20/h7-9,11-13,15,17-19H,10,14,16H2,1-6H3. The van der Waals surface area contributed by atoms with Crippen LogP contribution in [0.1, 0.15) is 59.9 Å². The van der Waals surface area contributed by atoms with E-state index in [-0.39, 0.29) is 0 Å². The fraction of sp³-hybridized carbons (Fsp3) is 0.545. The number of benzene rings is 1. The van der Waals surface area contributed by atoms with Crippen LogP contribution in [0, 0.1) is 0 Å². The third kappa shape index (κ3) is 4.03. The lowest BCUT2D eigenvalue weighted by atomic mass is 9.96. The van der Waals surface area contributed by atoms with Gasteiger partial charge < -0.3 is 4.43 Å². The van der Waals surface area contributed by atoms with Crippen molar-refractivity contribution in [3.8, 4) is 0 Å². The Morgan fingerprint density at radius 1 is 0.917 bits per heavy atom.